The van der Waals surface area contributed by atoms with Crippen LogP contribution in [0, 0.1) is 0 Å². The van der Waals surface area contributed by atoms with Crippen molar-refractivity contribution in [2.24, 2.45) is 0 Å². The normalized spacial score (nSPS) is 10.7. The summed E-state index contributed by atoms with van der Waals surface area (Å²) in [6.07, 6.45) is 2.72. The third-order valence-corrected chi connectivity index (χ3v) is 5.24. The fraction of sp³-hybridized carbons (Fsp3) is 0.520. The zero-order valence-electron chi connectivity index (χ0n) is 21.4. The number of anilines is 2. The number of rotatable bonds is 14. The molecule has 1 heterocycles. The van der Waals surface area contributed by atoms with Crippen LogP contribution in [-0.2, 0) is 16.1 Å². The fourth-order valence-electron chi connectivity index (χ4n) is 3.48. The second-order valence-electron chi connectivity index (χ2n) is 8.06. The molecule has 0 spiro atoms. The number of amides is 1. The highest BCUT2D eigenvalue weighted by molar-refractivity contribution is 5.98. The van der Waals surface area contributed by atoms with E-state index in [4.69, 9.17) is 19.9 Å². The molecular formula is C25H36N4O7. The number of nitrogens with one attached hydrogen (secondary N) is 1. The lowest BCUT2D eigenvalue weighted by atomic mass is 10.2. The van der Waals surface area contributed by atoms with Gasteiger partial charge in [-0.25, -0.2) is 9.59 Å². The van der Waals surface area contributed by atoms with Crippen LogP contribution in [0.25, 0.3) is 0 Å². The van der Waals surface area contributed by atoms with E-state index in [9.17, 15) is 19.2 Å². The molecule has 2 aromatic rings. The highest BCUT2D eigenvalue weighted by Crippen LogP contribution is 2.29. The van der Waals surface area contributed by atoms with E-state index in [1.54, 1.807) is 6.07 Å². The predicted molar refractivity (Wildman–Crippen MR) is 137 cm³/mol. The number of carbonyl (C=O) groups is 2. The Balaban J connectivity index is 2.26. The van der Waals surface area contributed by atoms with Gasteiger partial charge in [0.05, 0.1) is 18.8 Å². The third kappa shape index (κ3) is 7.12. The lowest BCUT2D eigenvalue weighted by Gasteiger charge is -2.24. The number of hydrogen-bond acceptors (Lipinski definition) is 8. The Kier molecular flexibility index (Phi) is 11.0. The molecule has 0 aliphatic carbocycles. The Morgan fingerprint density at radius 2 is 1.78 bits per heavy atom. The summed E-state index contributed by atoms with van der Waals surface area (Å²) < 4.78 is 17.7. The summed E-state index contributed by atoms with van der Waals surface area (Å²) in [5.41, 5.74) is 4.77. The zero-order valence-corrected chi connectivity index (χ0v) is 21.4. The number of nitrogen functional groups attached to an aromatic ring is 1. The molecule has 1 aromatic heterocycles. The van der Waals surface area contributed by atoms with Crippen LogP contribution in [0.5, 0.6) is 11.5 Å². The molecule has 0 saturated carbocycles. The maximum absolute atomic E-state index is 13.1. The molecule has 198 valence electrons. The zero-order chi connectivity index (χ0) is 26.7. The van der Waals surface area contributed by atoms with E-state index in [-0.39, 0.29) is 30.2 Å². The van der Waals surface area contributed by atoms with Crippen LogP contribution in [0.2, 0.25) is 0 Å². The smallest absolute Gasteiger partial charge is 0.338 e. The molecule has 36 heavy (non-hydrogen) atoms. The minimum Gasteiger partial charge on any atom is -0.490 e. The molecule has 11 heteroatoms. The van der Waals surface area contributed by atoms with Crippen LogP contribution in [0.1, 0.15) is 63.7 Å². The number of esters is 1. The maximum atomic E-state index is 13.1. The summed E-state index contributed by atoms with van der Waals surface area (Å²) in [7, 11) is 0. The van der Waals surface area contributed by atoms with Crippen LogP contribution in [-0.4, -0.2) is 47.8 Å². The average Bonchev–Trinajstić information content (AvgIpc) is 2.86. The SMILES string of the molecule is CCCCN(C(=O)COC(=O)c1ccc(OCCC)c(OCC)c1)c1c(N)n(CCC)c(=O)[nH]c1=O. The third-order valence-electron chi connectivity index (χ3n) is 5.24. The van der Waals surface area contributed by atoms with E-state index >= 15 is 0 Å². The van der Waals surface area contributed by atoms with Crippen molar-refractivity contribution < 1.29 is 23.8 Å². The van der Waals surface area contributed by atoms with Gasteiger partial charge in [0, 0.05) is 13.1 Å². The van der Waals surface area contributed by atoms with Crippen molar-refractivity contribution in [3.05, 3.63) is 44.6 Å². The standard InChI is InChI=1S/C25H36N4O7/c1-5-9-13-28(21-22(26)29(12-6-2)25(33)27-23(21)31)20(30)16-36-24(32)17-10-11-18(35-14-7-3)19(15-17)34-8-4/h10-11,15H,5-9,12-14,16,26H2,1-4H3,(H,27,31,33). The van der Waals surface area contributed by atoms with Gasteiger partial charge in [-0.15, -0.1) is 0 Å². The predicted octanol–water partition coefficient (Wildman–Crippen LogP) is 2.71. The van der Waals surface area contributed by atoms with Gasteiger partial charge in [-0.2, -0.15) is 0 Å². The van der Waals surface area contributed by atoms with E-state index in [2.05, 4.69) is 4.98 Å². The molecule has 3 N–H and O–H groups in total. The number of H-pyrrole nitrogens is 1. The number of carbonyl (C=O) groups excluding carboxylic acids is 2. The molecule has 1 aromatic carbocycles. The molecule has 0 unspecified atom stereocenters. The van der Waals surface area contributed by atoms with Crippen LogP contribution < -0.4 is 31.4 Å². The summed E-state index contributed by atoms with van der Waals surface area (Å²) in [5, 5.41) is 0. The first kappa shape index (κ1) is 28.5. The summed E-state index contributed by atoms with van der Waals surface area (Å²) >= 11 is 0. The van der Waals surface area contributed by atoms with Gasteiger partial charge < -0.3 is 24.8 Å². The van der Waals surface area contributed by atoms with Crippen molar-refractivity contribution in [2.75, 3.05) is 37.0 Å². The summed E-state index contributed by atoms with van der Waals surface area (Å²) in [6.45, 7) is 8.28. The number of aromatic amines is 1. The molecule has 0 saturated heterocycles. The lowest BCUT2D eigenvalue weighted by Crippen LogP contribution is -2.43. The van der Waals surface area contributed by atoms with Gasteiger partial charge >= 0.3 is 11.7 Å². The molecular weight excluding hydrogens is 468 g/mol. The topological polar surface area (TPSA) is 146 Å². The van der Waals surface area contributed by atoms with Gasteiger partial charge in [-0.3, -0.25) is 19.1 Å². The van der Waals surface area contributed by atoms with Crippen molar-refractivity contribution in [3.8, 4) is 11.5 Å². The quantitative estimate of drug-likeness (QED) is 0.374. The summed E-state index contributed by atoms with van der Waals surface area (Å²) in [5.74, 6) is -0.573. The minimum absolute atomic E-state index is 0.106. The van der Waals surface area contributed by atoms with E-state index in [0.717, 1.165) is 12.8 Å². The van der Waals surface area contributed by atoms with Crippen molar-refractivity contribution in [3.63, 3.8) is 0 Å². The maximum Gasteiger partial charge on any atom is 0.338 e. The first-order chi connectivity index (χ1) is 17.3. The van der Waals surface area contributed by atoms with Crippen LogP contribution in [0.3, 0.4) is 0 Å². The molecule has 0 atom stereocenters. The first-order valence-corrected chi connectivity index (χ1v) is 12.3. The average molecular weight is 505 g/mol. The molecule has 2 rings (SSSR count). The number of ether oxygens (including phenoxy) is 3. The molecule has 1 amide bonds. The van der Waals surface area contributed by atoms with Crippen LogP contribution in [0.15, 0.2) is 27.8 Å². The molecule has 0 fully saturated rings. The van der Waals surface area contributed by atoms with Crippen molar-refractivity contribution in [1.29, 1.82) is 0 Å². The lowest BCUT2D eigenvalue weighted by molar-refractivity contribution is -0.121. The number of aromatic nitrogens is 2. The second-order valence-corrected chi connectivity index (χ2v) is 8.06. The van der Waals surface area contributed by atoms with E-state index < -0.39 is 29.7 Å². The largest absolute Gasteiger partial charge is 0.490 e. The highest BCUT2D eigenvalue weighted by Gasteiger charge is 2.25. The van der Waals surface area contributed by atoms with Crippen LogP contribution >= 0.6 is 0 Å². The Labute approximate surface area is 210 Å². The number of nitrogens with zero attached hydrogens (tertiary/aromatic N) is 2. The van der Waals surface area contributed by atoms with Gasteiger partial charge in [0.1, 0.15) is 5.82 Å². The highest BCUT2D eigenvalue weighted by atomic mass is 16.5. The Bertz CT molecular complexity index is 1160. The minimum atomic E-state index is -0.773. The molecule has 0 aliphatic heterocycles. The first-order valence-electron chi connectivity index (χ1n) is 12.3. The Hall–Kier alpha value is -3.76. The van der Waals surface area contributed by atoms with E-state index in [1.165, 1.54) is 21.6 Å². The van der Waals surface area contributed by atoms with Crippen molar-refractivity contribution >= 4 is 23.4 Å². The van der Waals surface area contributed by atoms with Gasteiger partial charge in [-0.1, -0.05) is 27.2 Å². The number of hydrogen-bond donors (Lipinski definition) is 2. The van der Waals surface area contributed by atoms with E-state index in [0.29, 0.717) is 37.6 Å². The fourth-order valence-corrected chi connectivity index (χ4v) is 3.48. The number of unbranched alkanes of at least 4 members (excludes halogenated alkanes) is 1. The van der Waals surface area contributed by atoms with Crippen molar-refractivity contribution in [1.82, 2.24) is 9.55 Å². The Morgan fingerprint density at radius 3 is 2.42 bits per heavy atom. The van der Waals surface area contributed by atoms with Crippen LogP contribution in [0.4, 0.5) is 11.5 Å². The van der Waals surface area contributed by atoms with Gasteiger partial charge in [0.25, 0.3) is 11.5 Å². The number of nitrogens with two attached hydrogens (primary N) is 1. The Morgan fingerprint density at radius 1 is 1.03 bits per heavy atom. The second kappa shape index (κ2) is 14.0. The summed E-state index contributed by atoms with van der Waals surface area (Å²) in [4.78, 5) is 54.0. The van der Waals surface area contributed by atoms with Gasteiger partial charge in [0.2, 0.25) is 0 Å². The molecule has 11 nitrogen and oxygen atoms in total. The molecule has 0 aliphatic rings. The van der Waals surface area contributed by atoms with Crippen molar-refractivity contribution in [2.45, 2.75) is 59.9 Å². The summed E-state index contributed by atoms with van der Waals surface area (Å²) in [6, 6.07) is 4.64. The number of benzene rings is 1. The molecule has 0 bridgehead atoms. The molecule has 0 radical (unpaired) electrons. The van der Waals surface area contributed by atoms with E-state index in [1.807, 2.05) is 27.7 Å². The van der Waals surface area contributed by atoms with Gasteiger partial charge in [-0.05, 0) is 44.4 Å². The monoisotopic (exact) mass is 504 g/mol. The van der Waals surface area contributed by atoms with Gasteiger partial charge in [0.15, 0.2) is 23.8 Å².